The van der Waals surface area contributed by atoms with Gasteiger partial charge in [0.2, 0.25) is 11.8 Å². The van der Waals surface area contributed by atoms with Gasteiger partial charge in [0.25, 0.3) is 0 Å². The van der Waals surface area contributed by atoms with Crippen LogP contribution in [0.1, 0.15) is 52.9 Å². The predicted octanol–water partition coefficient (Wildman–Crippen LogP) is -0.917. The fraction of sp³-hybridized carbons (Fsp3) is 0.700. The first-order valence-corrected chi connectivity index (χ1v) is 10.7. The fourth-order valence-corrected chi connectivity index (χ4v) is 3.30. The van der Waals surface area contributed by atoms with Crippen molar-refractivity contribution in [1.29, 1.82) is 0 Å². The second kappa shape index (κ2) is 12.6. The van der Waals surface area contributed by atoms with Crippen LogP contribution in [0.5, 0.6) is 0 Å². The summed E-state index contributed by atoms with van der Waals surface area (Å²) < 4.78 is 5.11. The summed E-state index contributed by atoms with van der Waals surface area (Å²) in [6.07, 6.45) is 0.569. The molecule has 13 nitrogen and oxygen atoms in total. The van der Waals surface area contributed by atoms with Crippen molar-refractivity contribution in [3.05, 3.63) is 0 Å². The van der Waals surface area contributed by atoms with Crippen molar-refractivity contribution in [1.82, 2.24) is 15.5 Å². The first-order chi connectivity index (χ1) is 15.3. The van der Waals surface area contributed by atoms with Crippen molar-refractivity contribution in [2.45, 2.75) is 76.6 Å². The molecule has 0 unspecified atom stereocenters. The molecule has 0 saturated carbocycles. The lowest BCUT2D eigenvalue weighted by Gasteiger charge is -2.29. The number of carboxylic acids is 1. The van der Waals surface area contributed by atoms with Gasteiger partial charge in [-0.05, 0) is 46.5 Å². The quantitative estimate of drug-likeness (QED) is 0.109. The molecule has 7 N–H and O–H groups in total. The van der Waals surface area contributed by atoms with Crippen LogP contribution in [0.15, 0.2) is 4.99 Å². The number of nitrogens with zero attached hydrogens (tertiary/aromatic N) is 2. The molecular weight excluding hydrogens is 436 g/mol. The third kappa shape index (κ3) is 10.2. The Hall–Kier alpha value is -3.38. The number of ether oxygens (including phenoxy) is 1. The summed E-state index contributed by atoms with van der Waals surface area (Å²) in [7, 11) is 0. The number of likely N-dealkylation sites (tertiary alicyclic amines) is 1. The summed E-state index contributed by atoms with van der Waals surface area (Å²) in [5, 5.41) is 14.1. The zero-order valence-corrected chi connectivity index (χ0v) is 19.2. The van der Waals surface area contributed by atoms with Crippen LogP contribution >= 0.6 is 0 Å². The number of carbonyl (C=O) groups is 5. The van der Waals surface area contributed by atoms with E-state index in [0.29, 0.717) is 38.5 Å². The van der Waals surface area contributed by atoms with Gasteiger partial charge in [0.1, 0.15) is 24.0 Å². The molecule has 0 radical (unpaired) electrons. The van der Waals surface area contributed by atoms with E-state index in [4.69, 9.17) is 16.2 Å². The Morgan fingerprint density at radius 1 is 1.24 bits per heavy atom. The van der Waals surface area contributed by atoms with Gasteiger partial charge in [0.05, 0.1) is 12.5 Å². The zero-order valence-electron chi connectivity index (χ0n) is 19.2. The largest absolute Gasteiger partial charge is 0.481 e. The number of nitrogens with two attached hydrogens (primary N) is 2. The fourth-order valence-electron chi connectivity index (χ4n) is 3.30. The number of aliphatic imine (C=N–C) groups is 1. The lowest BCUT2D eigenvalue weighted by atomic mass is 10.1. The van der Waals surface area contributed by atoms with Gasteiger partial charge in [0.15, 0.2) is 5.96 Å². The molecule has 0 aromatic carbocycles. The number of aliphatic carboxylic acids is 1. The van der Waals surface area contributed by atoms with E-state index in [1.165, 1.54) is 4.90 Å². The molecule has 0 aromatic heterocycles. The molecule has 3 amide bonds. The Kier molecular flexibility index (Phi) is 10.6. The predicted molar refractivity (Wildman–Crippen MR) is 118 cm³/mol. The third-order valence-corrected chi connectivity index (χ3v) is 4.67. The zero-order chi connectivity index (χ0) is 25.2. The van der Waals surface area contributed by atoms with Crippen LogP contribution in [-0.2, 0) is 23.9 Å². The molecule has 0 aliphatic carbocycles. The Labute approximate surface area is 192 Å². The second-order valence-corrected chi connectivity index (χ2v) is 8.69. The summed E-state index contributed by atoms with van der Waals surface area (Å²) in [4.78, 5) is 65.5. The number of hydrogen-bond donors (Lipinski definition) is 5. The van der Waals surface area contributed by atoms with E-state index < -0.39 is 54.0 Å². The standard InChI is InChI=1S/C20H34N6O7/c1-20(2,3)33-19(32)25-13(10-15(28)29)17(31)26-9-5-7-14(26)16(30)24-12(11-27)6-4-8-23-18(21)22/h11-14H,4-10H2,1-3H3,(H,24,30)(H,25,32)(H,28,29)(H4,21,22,23)/t12-,13-,14-/m0/s1. The van der Waals surface area contributed by atoms with Crippen LogP contribution in [-0.4, -0.2) is 82.9 Å². The summed E-state index contributed by atoms with van der Waals surface area (Å²) in [5.41, 5.74) is 9.64. The molecule has 0 aromatic rings. The lowest BCUT2D eigenvalue weighted by Crippen LogP contribution is -2.55. The van der Waals surface area contributed by atoms with E-state index in [1.54, 1.807) is 20.8 Å². The van der Waals surface area contributed by atoms with E-state index >= 15 is 0 Å². The Bertz CT molecular complexity index is 760. The number of rotatable bonds is 11. The molecule has 0 spiro atoms. The maximum absolute atomic E-state index is 13.0. The first-order valence-electron chi connectivity index (χ1n) is 10.7. The Morgan fingerprint density at radius 3 is 2.45 bits per heavy atom. The van der Waals surface area contributed by atoms with E-state index in [-0.39, 0.29) is 12.5 Å². The molecule has 1 fully saturated rings. The second-order valence-electron chi connectivity index (χ2n) is 8.69. The van der Waals surface area contributed by atoms with Crippen LogP contribution in [0.25, 0.3) is 0 Å². The van der Waals surface area contributed by atoms with Crippen LogP contribution in [0.4, 0.5) is 4.79 Å². The van der Waals surface area contributed by atoms with E-state index in [9.17, 15) is 29.1 Å². The van der Waals surface area contributed by atoms with Crippen molar-refractivity contribution in [3.8, 4) is 0 Å². The number of alkyl carbamates (subject to hydrolysis) is 1. The minimum Gasteiger partial charge on any atom is -0.481 e. The van der Waals surface area contributed by atoms with Gasteiger partial charge in [0, 0.05) is 13.1 Å². The number of nitrogens with one attached hydrogen (secondary N) is 2. The average Bonchev–Trinajstić information content (AvgIpc) is 3.17. The van der Waals surface area contributed by atoms with E-state index in [0.717, 1.165) is 0 Å². The highest BCUT2D eigenvalue weighted by molar-refractivity contribution is 5.94. The minimum absolute atomic E-state index is 0.0716. The number of guanidine groups is 1. The maximum atomic E-state index is 13.0. The van der Waals surface area contributed by atoms with Gasteiger partial charge in [-0.1, -0.05) is 0 Å². The smallest absolute Gasteiger partial charge is 0.408 e. The molecule has 1 rings (SSSR count). The van der Waals surface area contributed by atoms with Crippen molar-refractivity contribution in [3.63, 3.8) is 0 Å². The van der Waals surface area contributed by atoms with Crippen LogP contribution in [0.3, 0.4) is 0 Å². The molecule has 1 heterocycles. The van der Waals surface area contributed by atoms with Crippen LogP contribution in [0, 0.1) is 0 Å². The molecule has 1 aliphatic heterocycles. The van der Waals surface area contributed by atoms with Gasteiger partial charge in [-0.25, -0.2) is 4.79 Å². The molecular formula is C20H34N6O7. The van der Waals surface area contributed by atoms with Gasteiger partial charge in [-0.2, -0.15) is 0 Å². The Balaban J connectivity index is 2.83. The van der Waals surface area contributed by atoms with Gasteiger partial charge < -0.3 is 41.6 Å². The number of carbonyl (C=O) groups excluding carboxylic acids is 4. The van der Waals surface area contributed by atoms with Crippen molar-refractivity contribution < 1.29 is 33.8 Å². The lowest BCUT2D eigenvalue weighted by molar-refractivity contribution is -0.144. The summed E-state index contributed by atoms with van der Waals surface area (Å²) in [6.45, 7) is 5.38. The Morgan fingerprint density at radius 2 is 1.91 bits per heavy atom. The highest BCUT2D eigenvalue weighted by Gasteiger charge is 2.39. The molecule has 0 bridgehead atoms. The highest BCUT2D eigenvalue weighted by Crippen LogP contribution is 2.20. The average molecular weight is 471 g/mol. The highest BCUT2D eigenvalue weighted by atomic mass is 16.6. The third-order valence-electron chi connectivity index (χ3n) is 4.67. The van der Waals surface area contributed by atoms with Crippen molar-refractivity contribution in [2.24, 2.45) is 16.5 Å². The molecule has 13 heteroatoms. The summed E-state index contributed by atoms with van der Waals surface area (Å²) in [6, 6.07) is -3.10. The number of hydrogen-bond acceptors (Lipinski definition) is 7. The molecule has 1 saturated heterocycles. The van der Waals surface area contributed by atoms with Gasteiger partial charge in [-0.3, -0.25) is 19.4 Å². The SMILES string of the molecule is CC(C)(C)OC(=O)N[C@@H](CC(=O)O)C(=O)N1CCC[C@H]1C(=O)N[C@H](C=O)CCCN=C(N)N. The molecule has 3 atom stereocenters. The summed E-state index contributed by atoms with van der Waals surface area (Å²) in [5.74, 6) is -2.62. The summed E-state index contributed by atoms with van der Waals surface area (Å²) >= 11 is 0. The first kappa shape index (κ1) is 27.7. The van der Waals surface area contributed by atoms with Crippen molar-refractivity contribution in [2.75, 3.05) is 13.1 Å². The van der Waals surface area contributed by atoms with E-state index in [2.05, 4.69) is 15.6 Å². The van der Waals surface area contributed by atoms with Crippen LogP contribution in [0.2, 0.25) is 0 Å². The number of aldehydes is 1. The monoisotopic (exact) mass is 470 g/mol. The van der Waals surface area contributed by atoms with Crippen LogP contribution < -0.4 is 22.1 Å². The molecule has 1 aliphatic rings. The van der Waals surface area contributed by atoms with Gasteiger partial charge >= 0.3 is 12.1 Å². The minimum atomic E-state index is -1.41. The number of amides is 3. The van der Waals surface area contributed by atoms with Crippen molar-refractivity contribution >= 4 is 36.1 Å². The number of carboxylic acid groups (broad SMARTS) is 1. The molecule has 33 heavy (non-hydrogen) atoms. The van der Waals surface area contributed by atoms with Gasteiger partial charge in [-0.15, -0.1) is 0 Å². The molecule has 186 valence electrons. The normalized spacial score (nSPS) is 17.4. The van der Waals surface area contributed by atoms with E-state index in [1.807, 2.05) is 0 Å². The maximum Gasteiger partial charge on any atom is 0.408 e. The topological polar surface area (TPSA) is 207 Å².